The number of benzene rings is 4. The Morgan fingerprint density at radius 3 is 1.70 bits per heavy atom. The van der Waals surface area contributed by atoms with Crippen molar-refractivity contribution < 1.29 is 14.3 Å². The second-order valence-electron chi connectivity index (χ2n) is 8.79. The molecule has 1 aromatic heterocycles. The number of carbonyl (C=O) groups is 2. The van der Waals surface area contributed by atoms with E-state index in [-0.39, 0.29) is 11.6 Å². The average Bonchev–Trinajstić information content (AvgIpc) is 3.30. The highest BCUT2D eigenvalue weighted by Crippen LogP contribution is 2.44. The van der Waals surface area contributed by atoms with E-state index in [1.54, 1.807) is 36.4 Å². The highest BCUT2D eigenvalue weighted by molar-refractivity contribution is 6.33. The third kappa shape index (κ3) is 3.78. The van der Waals surface area contributed by atoms with Crippen LogP contribution in [0, 0.1) is 0 Å². The SMILES string of the molecule is CCOc1ccc(-n2c(-c3ccccc3)c3c(c2-c2ccc(Cl)cc2)C(=O)c2ccccc2C3=O)cc1. The summed E-state index contributed by atoms with van der Waals surface area (Å²) in [5.41, 5.74) is 5.42. The van der Waals surface area contributed by atoms with Gasteiger partial charge in [0, 0.05) is 21.8 Å². The molecule has 1 aliphatic rings. The highest BCUT2D eigenvalue weighted by atomic mass is 35.5. The third-order valence-corrected chi connectivity index (χ3v) is 6.86. The lowest BCUT2D eigenvalue weighted by atomic mass is 9.83. The predicted octanol–water partition coefficient (Wildman–Crippen LogP) is 7.64. The van der Waals surface area contributed by atoms with Gasteiger partial charge in [0.2, 0.25) is 0 Å². The lowest BCUT2D eigenvalue weighted by Crippen LogP contribution is -2.20. The number of aromatic nitrogens is 1. The van der Waals surface area contributed by atoms with Crippen molar-refractivity contribution in [2.24, 2.45) is 0 Å². The molecule has 6 rings (SSSR count). The molecule has 5 heteroatoms. The Morgan fingerprint density at radius 1 is 0.649 bits per heavy atom. The molecule has 5 aromatic rings. The zero-order chi connectivity index (χ0) is 25.5. The van der Waals surface area contributed by atoms with Gasteiger partial charge in [-0.05, 0) is 54.4 Å². The summed E-state index contributed by atoms with van der Waals surface area (Å²) in [6.07, 6.45) is 0. The summed E-state index contributed by atoms with van der Waals surface area (Å²) in [6.45, 7) is 2.50. The fraction of sp³-hybridized carbons (Fsp3) is 0.0625. The maximum atomic E-state index is 14.1. The Balaban J connectivity index is 1.75. The van der Waals surface area contributed by atoms with Crippen LogP contribution in [0.3, 0.4) is 0 Å². The van der Waals surface area contributed by atoms with Gasteiger partial charge in [-0.2, -0.15) is 0 Å². The minimum absolute atomic E-state index is 0.163. The van der Waals surface area contributed by atoms with E-state index in [4.69, 9.17) is 16.3 Å². The summed E-state index contributed by atoms with van der Waals surface area (Å²) >= 11 is 6.22. The molecule has 4 aromatic carbocycles. The standard InChI is InChI=1S/C32H22ClNO3/c1-2-37-24-18-16-23(17-19-24)34-29(20-8-4-3-5-9-20)27-28(30(34)21-12-14-22(33)15-13-21)32(36)26-11-7-6-10-25(26)31(27)35/h3-19H,2H2,1H3. The first-order chi connectivity index (χ1) is 18.1. The van der Waals surface area contributed by atoms with Gasteiger partial charge in [-0.15, -0.1) is 0 Å². The van der Waals surface area contributed by atoms with Crippen molar-refractivity contribution in [3.05, 3.63) is 130 Å². The molecule has 0 saturated heterocycles. The van der Waals surface area contributed by atoms with E-state index in [1.807, 2.05) is 78.2 Å². The molecule has 0 aliphatic heterocycles. The molecule has 0 saturated carbocycles. The minimum Gasteiger partial charge on any atom is -0.494 e. The molecule has 180 valence electrons. The summed E-state index contributed by atoms with van der Waals surface area (Å²) in [5, 5.41) is 0.591. The van der Waals surface area contributed by atoms with Crippen LogP contribution in [0.1, 0.15) is 38.8 Å². The second kappa shape index (κ2) is 9.23. The number of fused-ring (bicyclic) bond motifs is 2. The van der Waals surface area contributed by atoms with Crippen molar-refractivity contribution in [2.75, 3.05) is 6.61 Å². The van der Waals surface area contributed by atoms with Gasteiger partial charge in [-0.1, -0.05) is 78.3 Å². The Bertz CT molecular complexity index is 1650. The topological polar surface area (TPSA) is 48.3 Å². The van der Waals surface area contributed by atoms with Crippen LogP contribution in [0.25, 0.3) is 28.2 Å². The molecule has 0 unspecified atom stereocenters. The lowest BCUT2D eigenvalue weighted by molar-refractivity contribution is 0.0981. The van der Waals surface area contributed by atoms with E-state index in [9.17, 15) is 9.59 Å². The zero-order valence-electron chi connectivity index (χ0n) is 20.1. The van der Waals surface area contributed by atoms with Crippen LogP contribution in [0.5, 0.6) is 5.75 Å². The van der Waals surface area contributed by atoms with E-state index in [0.29, 0.717) is 45.3 Å². The first-order valence-electron chi connectivity index (χ1n) is 12.1. The van der Waals surface area contributed by atoms with Gasteiger partial charge in [0.15, 0.2) is 11.6 Å². The molecular formula is C32H22ClNO3. The monoisotopic (exact) mass is 503 g/mol. The van der Waals surface area contributed by atoms with Gasteiger partial charge >= 0.3 is 0 Å². The Hall–Kier alpha value is -4.41. The Labute approximate surface area is 219 Å². The van der Waals surface area contributed by atoms with E-state index >= 15 is 0 Å². The number of carbonyl (C=O) groups excluding carboxylic acids is 2. The molecule has 0 N–H and O–H groups in total. The molecule has 0 atom stereocenters. The summed E-state index contributed by atoms with van der Waals surface area (Å²) in [5.74, 6) is 0.415. The average molecular weight is 504 g/mol. The van der Waals surface area contributed by atoms with Crippen LogP contribution < -0.4 is 4.74 Å². The molecule has 37 heavy (non-hydrogen) atoms. The van der Waals surface area contributed by atoms with E-state index in [2.05, 4.69) is 0 Å². The summed E-state index contributed by atoms with van der Waals surface area (Å²) < 4.78 is 7.68. The van der Waals surface area contributed by atoms with Crippen molar-refractivity contribution in [3.8, 4) is 34.0 Å². The highest BCUT2D eigenvalue weighted by Gasteiger charge is 2.39. The van der Waals surface area contributed by atoms with Crippen LogP contribution in [0.4, 0.5) is 0 Å². The van der Waals surface area contributed by atoms with Gasteiger partial charge < -0.3 is 9.30 Å². The molecular weight excluding hydrogens is 482 g/mol. The van der Waals surface area contributed by atoms with Gasteiger partial charge in [0.1, 0.15) is 5.75 Å². The van der Waals surface area contributed by atoms with Crippen molar-refractivity contribution in [3.63, 3.8) is 0 Å². The normalized spacial score (nSPS) is 12.3. The Morgan fingerprint density at radius 2 is 1.16 bits per heavy atom. The molecule has 0 radical (unpaired) electrons. The van der Waals surface area contributed by atoms with Gasteiger partial charge in [0.25, 0.3) is 0 Å². The van der Waals surface area contributed by atoms with Crippen molar-refractivity contribution in [1.82, 2.24) is 4.57 Å². The second-order valence-corrected chi connectivity index (χ2v) is 9.22. The van der Waals surface area contributed by atoms with Crippen LogP contribution in [-0.4, -0.2) is 22.7 Å². The molecule has 1 aliphatic carbocycles. The van der Waals surface area contributed by atoms with Crippen molar-refractivity contribution in [1.29, 1.82) is 0 Å². The molecule has 0 bridgehead atoms. The van der Waals surface area contributed by atoms with Crippen LogP contribution in [0.2, 0.25) is 5.02 Å². The maximum Gasteiger partial charge on any atom is 0.196 e. The van der Waals surface area contributed by atoms with Crippen LogP contribution in [0.15, 0.2) is 103 Å². The number of hydrogen-bond donors (Lipinski definition) is 0. The minimum atomic E-state index is -0.169. The number of ketones is 2. The maximum absolute atomic E-state index is 14.1. The predicted molar refractivity (Wildman–Crippen MR) is 146 cm³/mol. The molecule has 0 amide bonds. The molecule has 1 heterocycles. The van der Waals surface area contributed by atoms with Crippen LogP contribution >= 0.6 is 11.6 Å². The summed E-state index contributed by atoms with van der Waals surface area (Å²) in [7, 11) is 0. The number of rotatable bonds is 5. The fourth-order valence-corrected chi connectivity index (χ4v) is 5.16. The quantitative estimate of drug-likeness (QED) is 0.243. The summed E-state index contributed by atoms with van der Waals surface area (Å²) in [6, 6.07) is 31.8. The van der Waals surface area contributed by atoms with E-state index in [1.165, 1.54) is 0 Å². The number of nitrogens with zero attached hydrogens (tertiary/aromatic N) is 1. The van der Waals surface area contributed by atoms with Crippen LogP contribution in [-0.2, 0) is 0 Å². The van der Waals surface area contributed by atoms with E-state index in [0.717, 1.165) is 22.6 Å². The van der Waals surface area contributed by atoms with Crippen molar-refractivity contribution >= 4 is 23.2 Å². The van der Waals surface area contributed by atoms with Gasteiger partial charge in [0.05, 0.1) is 29.1 Å². The number of ether oxygens (including phenoxy) is 1. The first kappa shape index (κ1) is 23.0. The van der Waals surface area contributed by atoms with Gasteiger partial charge in [-0.3, -0.25) is 9.59 Å². The van der Waals surface area contributed by atoms with E-state index < -0.39 is 0 Å². The third-order valence-electron chi connectivity index (χ3n) is 6.61. The molecule has 0 fully saturated rings. The summed E-state index contributed by atoms with van der Waals surface area (Å²) in [4.78, 5) is 28.1. The zero-order valence-corrected chi connectivity index (χ0v) is 20.8. The number of halogens is 1. The van der Waals surface area contributed by atoms with Crippen molar-refractivity contribution in [2.45, 2.75) is 6.92 Å². The van der Waals surface area contributed by atoms with Gasteiger partial charge in [-0.25, -0.2) is 0 Å². The Kier molecular flexibility index (Phi) is 5.74. The molecule has 4 nitrogen and oxygen atoms in total. The largest absolute Gasteiger partial charge is 0.494 e. The number of hydrogen-bond acceptors (Lipinski definition) is 3. The smallest absolute Gasteiger partial charge is 0.196 e. The lowest BCUT2D eigenvalue weighted by Gasteiger charge is -2.16. The first-order valence-corrected chi connectivity index (χ1v) is 12.5. The fourth-order valence-electron chi connectivity index (χ4n) is 5.03. The molecule has 0 spiro atoms.